The van der Waals surface area contributed by atoms with Gasteiger partial charge in [-0.1, -0.05) is 17.7 Å². The summed E-state index contributed by atoms with van der Waals surface area (Å²) in [5, 5.41) is 9.04. The van der Waals surface area contributed by atoms with Gasteiger partial charge in [-0.25, -0.2) is 0 Å². The molecule has 1 nitrogen and oxygen atoms in total. The number of rotatable bonds is 0. The van der Waals surface area contributed by atoms with Crippen molar-refractivity contribution in [2.75, 3.05) is 0 Å². The summed E-state index contributed by atoms with van der Waals surface area (Å²) in [6, 6.07) is 5.56. The van der Waals surface area contributed by atoms with Crippen LogP contribution < -0.4 is 0 Å². The fraction of sp³-hybridized carbons (Fsp3) is 0.250. The molecule has 0 atom stereocenters. The molecule has 0 heterocycles. The van der Waals surface area contributed by atoms with E-state index in [0.717, 1.165) is 5.56 Å². The fourth-order valence-corrected chi connectivity index (χ4v) is 0.805. The Morgan fingerprint density at radius 1 is 1.20 bits per heavy atom. The Morgan fingerprint density at radius 2 is 1.80 bits per heavy atom. The quantitative estimate of drug-likeness (QED) is 0.528. The average Bonchev–Trinajstić information content (AvgIpc) is 1.80. The smallest absolute Gasteiger partial charge is 0.118 e. The second kappa shape index (κ2) is 3.70. The molecule has 0 saturated carbocycles. The van der Waals surface area contributed by atoms with Crippen LogP contribution in [-0.2, 0) is 0 Å². The van der Waals surface area contributed by atoms with Crippen molar-refractivity contribution >= 4 is 18.9 Å². The second-order valence-corrected chi connectivity index (χ2v) is 2.29. The van der Waals surface area contributed by atoms with Crippen LogP contribution in [0.15, 0.2) is 18.2 Å². The van der Waals surface area contributed by atoms with Gasteiger partial charge in [0.25, 0.3) is 0 Å². The molecule has 1 aromatic rings. The van der Waals surface area contributed by atoms with Crippen LogP contribution >= 0.6 is 0 Å². The minimum atomic E-state index is 0. The number of benzene rings is 1. The van der Waals surface area contributed by atoms with Gasteiger partial charge in [-0.05, 0) is 25.5 Å². The van der Waals surface area contributed by atoms with Crippen molar-refractivity contribution < 1.29 is 5.11 Å². The molecule has 0 aliphatic rings. The predicted molar refractivity (Wildman–Crippen MR) is 43.3 cm³/mol. The van der Waals surface area contributed by atoms with E-state index in [4.69, 9.17) is 5.11 Å². The molecule has 0 amide bonds. The fourth-order valence-electron chi connectivity index (χ4n) is 0.805. The summed E-state index contributed by atoms with van der Waals surface area (Å²) < 4.78 is 0. The molecule has 0 aromatic heterocycles. The summed E-state index contributed by atoms with van der Waals surface area (Å²) in [4.78, 5) is 0. The minimum absolute atomic E-state index is 0. The normalized spacial score (nSPS) is 8.60. The van der Waals surface area contributed by atoms with Crippen LogP contribution in [0.25, 0.3) is 0 Å². The van der Waals surface area contributed by atoms with Crippen LogP contribution in [0.5, 0.6) is 5.75 Å². The first kappa shape index (κ1) is 9.62. The van der Waals surface area contributed by atoms with E-state index in [1.165, 1.54) is 5.56 Å². The van der Waals surface area contributed by atoms with Crippen LogP contribution in [0.2, 0.25) is 0 Å². The Labute approximate surface area is 73.3 Å². The van der Waals surface area contributed by atoms with Crippen LogP contribution in [0.4, 0.5) is 0 Å². The summed E-state index contributed by atoms with van der Waals surface area (Å²) in [5.41, 5.74) is 2.13. The van der Waals surface area contributed by atoms with Gasteiger partial charge in [0.05, 0.1) is 0 Å². The standard InChI is InChI=1S/C8H10O.Li/c1-6-3-4-8(9)7(2)5-6;/h3-5,9H,1-2H3;. The summed E-state index contributed by atoms with van der Waals surface area (Å²) in [7, 11) is 0. The molecular weight excluding hydrogens is 119 g/mol. The van der Waals surface area contributed by atoms with Crippen molar-refractivity contribution in [1.29, 1.82) is 0 Å². The van der Waals surface area contributed by atoms with Gasteiger partial charge in [-0.3, -0.25) is 0 Å². The molecule has 0 spiro atoms. The zero-order valence-corrected chi connectivity index (χ0v) is 6.68. The van der Waals surface area contributed by atoms with Gasteiger partial charge in [0.2, 0.25) is 0 Å². The average molecular weight is 129 g/mol. The molecule has 0 aliphatic carbocycles. The molecule has 1 N–H and O–H groups in total. The molecule has 1 radical (unpaired) electrons. The maximum Gasteiger partial charge on any atom is 0.118 e. The molecule has 0 fully saturated rings. The van der Waals surface area contributed by atoms with Crippen molar-refractivity contribution in [2.24, 2.45) is 0 Å². The zero-order valence-electron chi connectivity index (χ0n) is 6.68. The van der Waals surface area contributed by atoms with Gasteiger partial charge >= 0.3 is 0 Å². The van der Waals surface area contributed by atoms with Gasteiger partial charge in [-0.2, -0.15) is 0 Å². The Morgan fingerprint density at radius 3 is 2.20 bits per heavy atom. The van der Waals surface area contributed by atoms with E-state index in [9.17, 15) is 0 Å². The molecule has 1 rings (SSSR count). The van der Waals surface area contributed by atoms with Gasteiger partial charge in [0.15, 0.2) is 0 Å². The number of phenolic OH excluding ortho intramolecular Hbond substituents is 1. The molecule has 0 saturated heterocycles. The van der Waals surface area contributed by atoms with Crippen molar-refractivity contribution in [1.82, 2.24) is 0 Å². The van der Waals surface area contributed by atoms with Crippen molar-refractivity contribution in [3.8, 4) is 5.75 Å². The number of phenols is 1. The van der Waals surface area contributed by atoms with Gasteiger partial charge in [0, 0.05) is 18.9 Å². The van der Waals surface area contributed by atoms with Crippen LogP contribution in [0, 0.1) is 13.8 Å². The monoisotopic (exact) mass is 129 g/mol. The molecule has 0 bridgehead atoms. The van der Waals surface area contributed by atoms with Crippen molar-refractivity contribution in [3.63, 3.8) is 0 Å². The number of hydrogen-bond donors (Lipinski definition) is 1. The Balaban J connectivity index is 0.000000810. The third-order valence-corrected chi connectivity index (χ3v) is 1.35. The topological polar surface area (TPSA) is 20.2 Å². The SMILES string of the molecule is Cc1ccc(O)c(C)c1.[Li]. The maximum atomic E-state index is 9.04. The Bertz CT molecular complexity index is 220. The first-order valence-corrected chi connectivity index (χ1v) is 2.96. The Hall–Kier alpha value is -0.383. The summed E-state index contributed by atoms with van der Waals surface area (Å²) in [6.45, 7) is 3.90. The summed E-state index contributed by atoms with van der Waals surface area (Å²) in [5.74, 6) is 0.376. The van der Waals surface area contributed by atoms with Crippen molar-refractivity contribution in [2.45, 2.75) is 13.8 Å². The zero-order chi connectivity index (χ0) is 6.85. The van der Waals surface area contributed by atoms with E-state index in [1.807, 2.05) is 26.0 Å². The molecule has 10 heavy (non-hydrogen) atoms. The third kappa shape index (κ3) is 2.10. The van der Waals surface area contributed by atoms with Crippen LogP contribution in [-0.4, -0.2) is 24.0 Å². The number of aromatic hydroxyl groups is 1. The van der Waals surface area contributed by atoms with E-state index in [0.29, 0.717) is 5.75 Å². The molecule has 1 aromatic carbocycles. The largest absolute Gasteiger partial charge is 0.508 e. The summed E-state index contributed by atoms with van der Waals surface area (Å²) >= 11 is 0. The third-order valence-electron chi connectivity index (χ3n) is 1.35. The Kier molecular flexibility index (Phi) is 3.56. The molecular formula is C8H10LiO. The molecule has 49 valence electrons. The van der Waals surface area contributed by atoms with Crippen LogP contribution in [0.3, 0.4) is 0 Å². The van der Waals surface area contributed by atoms with E-state index >= 15 is 0 Å². The van der Waals surface area contributed by atoms with E-state index in [1.54, 1.807) is 6.07 Å². The van der Waals surface area contributed by atoms with Gasteiger partial charge < -0.3 is 5.11 Å². The first-order chi connectivity index (χ1) is 4.20. The summed E-state index contributed by atoms with van der Waals surface area (Å²) in [6.07, 6.45) is 0. The van der Waals surface area contributed by atoms with Crippen molar-refractivity contribution in [3.05, 3.63) is 29.3 Å². The second-order valence-electron chi connectivity index (χ2n) is 2.29. The minimum Gasteiger partial charge on any atom is -0.508 e. The molecule has 0 aliphatic heterocycles. The van der Waals surface area contributed by atoms with E-state index in [2.05, 4.69) is 0 Å². The molecule has 2 heteroatoms. The maximum absolute atomic E-state index is 9.04. The number of hydrogen-bond acceptors (Lipinski definition) is 1. The van der Waals surface area contributed by atoms with Crippen LogP contribution in [0.1, 0.15) is 11.1 Å². The van der Waals surface area contributed by atoms with E-state index in [-0.39, 0.29) is 18.9 Å². The first-order valence-electron chi connectivity index (χ1n) is 2.96. The number of aryl methyl sites for hydroxylation is 2. The van der Waals surface area contributed by atoms with Gasteiger partial charge in [-0.15, -0.1) is 0 Å². The predicted octanol–water partition coefficient (Wildman–Crippen LogP) is 1.63. The van der Waals surface area contributed by atoms with Gasteiger partial charge in [0.1, 0.15) is 5.75 Å². The van der Waals surface area contributed by atoms with E-state index < -0.39 is 0 Å². The molecule has 0 unspecified atom stereocenters.